The molecule has 0 aromatic carbocycles. The molecule has 1 amide bonds. The molecule has 1 aromatic rings. The van der Waals surface area contributed by atoms with Crippen LogP contribution in [0.25, 0.3) is 0 Å². The van der Waals surface area contributed by atoms with Gasteiger partial charge in [-0.3, -0.25) is 15.2 Å². The minimum Gasteiger partial charge on any atom is -0.375 e. The Labute approximate surface area is 117 Å². The fraction of sp³-hybridized carbons (Fsp3) is 0.500. The molecule has 0 aliphatic heterocycles. The van der Waals surface area contributed by atoms with Crippen molar-refractivity contribution in [2.45, 2.75) is 33.6 Å². The molecule has 1 rings (SSSR count). The first kappa shape index (κ1) is 14.9. The third-order valence-corrected chi connectivity index (χ3v) is 4.00. The van der Waals surface area contributed by atoms with Crippen LogP contribution in [0.4, 0.5) is 0 Å². The van der Waals surface area contributed by atoms with Crippen molar-refractivity contribution >= 4 is 34.6 Å². The topological polar surface area (TPSA) is 58.4 Å². The molecule has 0 fully saturated rings. The summed E-state index contributed by atoms with van der Waals surface area (Å²) in [7, 11) is 0. The van der Waals surface area contributed by atoms with Crippen molar-refractivity contribution in [3.05, 3.63) is 21.4 Å². The summed E-state index contributed by atoms with van der Waals surface area (Å²) in [4.78, 5) is 13.2. The van der Waals surface area contributed by atoms with Gasteiger partial charge in [0.15, 0.2) is 5.11 Å². The molecule has 18 heavy (non-hydrogen) atoms. The molecule has 0 spiro atoms. The van der Waals surface area contributed by atoms with E-state index in [0.717, 1.165) is 23.3 Å². The van der Waals surface area contributed by atoms with Gasteiger partial charge in [-0.2, -0.15) is 0 Å². The van der Waals surface area contributed by atoms with Crippen LogP contribution in [0.1, 0.15) is 40.6 Å². The van der Waals surface area contributed by atoms with E-state index in [1.807, 2.05) is 19.2 Å². The van der Waals surface area contributed by atoms with Gasteiger partial charge in [-0.1, -0.05) is 13.3 Å². The molecule has 0 bridgehead atoms. The quantitative estimate of drug-likeness (QED) is 0.658. The Morgan fingerprint density at radius 1 is 1.56 bits per heavy atom. The molecular weight excluding hydrogens is 266 g/mol. The van der Waals surface area contributed by atoms with Gasteiger partial charge in [-0.15, -0.1) is 11.3 Å². The first-order valence-electron chi connectivity index (χ1n) is 5.90. The normalized spacial score (nSPS) is 10.2. The molecule has 100 valence electrons. The van der Waals surface area contributed by atoms with Gasteiger partial charge in [0.25, 0.3) is 5.91 Å². The van der Waals surface area contributed by atoms with Gasteiger partial charge in [0.2, 0.25) is 0 Å². The Hall–Kier alpha value is -1.14. The van der Waals surface area contributed by atoms with Crippen LogP contribution in [0.5, 0.6) is 0 Å². The lowest BCUT2D eigenvalue weighted by Crippen LogP contribution is -2.49. The number of nitrogens with zero attached hydrogens (tertiary/aromatic N) is 1. The van der Waals surface area contributed by atoms with E-state index in [4.69, 9.17) is 18.0 Å². The fourth-order valence-electron chi connectivity index (χ4n) is 1.46. The van der Waals surface area contributed by atoms with Crippen LogP contribution in [-0.2, 0) is 0 Å². The number of carbonyl (C=O) groups excluding carboxylic acids is 1. The summed E-state index contributed by atoms with van der Waals surface area (Å²) in [6, 6.07) is 0. The SMILES string of the molecule is CCCCN(NC(=O)c1csc(C)c1C)C(N)=S. The van der Waals surface area contributed by atoms with E-state index in [1.165, 1.54) is 5.01 Å². The molecule has 0 aliphatic carbocycles. The van der Waals surface area contributed by atoms with Crippen molar-refractivity contribution in [1.82, 2.24) is 10.4 Å². The van der Waals surface area contributed by atoms with Gasteiger partial charge < -0.3 is 5.73 Å². The van der Waals surface area contributed by atoms with Crippen molar-refractivity contribution in [3.8, 4) is 0 Å². The molecule has 0 unspecified atom stereocenters. The minimum atomic E-state index is -0.152. The van der Waals surface area contributed by atoms with Crippen LogP contribution in [-0.4, -0.2) is 22.6 Å². The van der Waals surface area contributed by atoms with Crippen LogP contribution in [0.3, 0.4) is 0 Å². The number of nitrogens with two attached hydrogens (primary N) is 1. The maximum absolute atomic E-state index is 12.1. The third kappa shape index (κ3) is 3.68. The maximum Gasteiger partial charge on any atom is 0.270 e. The van der Waals surface area contributed by atoms with E-state index in [9.17, 15) is 4.79 Å². The third-order valence-electron chi connectivity index (χ3n) is 2.77. The van der Waals surface area contributed by atoms with E-state index in [0.29, 0.717) is 12.1 Å². The number of carbonyl (C=O) groups is 1. The molecular formula is C12H19N3OS2. The molecule has 0 aliphatic rings. The first-order valence-corrected chi connectivity index (χ1v) is 7.18. The van der Waals surface area contributed by atoms with Crippen LogP contribution in [0, 0.1) is 13.8 Å². The number of rotatable bonds is 4. The number of hydrogen-bond acceptors (Lipinski definition) is 3. The Bertz CT molecular complexity index is 443. The largest absolute Gasteiger partial charge is 0.375 e. The summed E-state index contributed by atoms with van der Waals surface area (Å²) in [5.41, 5.74) is 10.0. The number of thiophene rings is 1. The standard InChI is InChI=1S/C12H19N3OS2/c1-4-5-6-15(12(13)17)14-11(16)10-7-18-9(3)8(10)2/h7H,4-6H2,1-3H3,(H2,13,17)(H,14,16). The van der Waals surface area contributed by atoms with Gasteiger partial charge in [-0.05, 0) is 38.0 Å². The zero-order valence-electron chi connectivity index (χ0n) is 10.9. The second kappa shape index (κ2) is 6.70. The predicted molar refractivity (Wildman–Crippen MR) is 79.7 cm³/mol. The maximum atomic E-state index is 12.1. The average Bonchev–Trinajstić information content (AvgIpc) is 2.65. The summed E-state index contributed by atoms with van der Waals surface area (Å²) in [6.45, 7) is 6.66. The minimum absolute atomic E-state index is 0.152. The van der Waals surface area contributed by atoms with E-state index in [1.54, 1.807) is 11.3 Å². The lowest BCUT2D eigenvalue weighted by molar-refractivity contribution is 0.0869. The van der Waals surface area contributed by atoms with Crippen LogP contribution in [0.2, 0.25) is 0 Å². The lowest BCUT2D eigenvalue weighted by Gasteiger charge is -2.23. The van der Waals surface area contributed by atoms with Gasteiger partial charge >= 0.3 is 0 Å². The predicted octanol–water partition coefficient (Wildman–Crippen LogP) is 2.36. The monoisotopic (exact) mass is 285 g/mol. The summed E-state index contributed by atoms with van der Waals surface area (Å²) in [5, 5.41) is 3.59. The van der Waals surface area contributed by atoms with Crippen molar-refractivity contribution < 1.29 is 4.79 Å². The number of amides is 1. The zero-order valence-corrected chi connectivity index (χ0v) is 12.6. The summed E-state index contributed by atoms with van der Waals surface area (Å²) >= 11 is 6.50. The number of unbranched alkanes of at least 4 members (excludes halogenated alkanes) is 1. The van der Waals surface area contributed by atoms with E-state index in [-0.39, 0.29) is 11.0 Å². The van der Waals surface area contributed by atoms with Crippen LogP contribution < -0.4 is 11.2 Å². The van der Waals surface area contributed by atoms with Crippen LogP contribution >= 0.6 is 23.6 Å². The van der Waals surface area contributed by atoms with E-state index < -0.39 is 0 Å². The van der Waals surface area contributed by atoms with Crippen molar-refractivity contribution in [3.63, 3.8) is 0 Å². The highest BCUT2D eigenvalue weighted by Crippen LogP contribution is 2.20. The second-order valence-corrected chi connectivity index (χ2v) is 5.62. The highest BCUT2D eigenvalue weighted by atomic mass is 32.1. The smallest absolute Gasteiger partial charge is 0.270 e. The molecule has 6 heteroatoms. The number of hydrogen-bond donors (Lipinski definition) is 2. The van der Waals surface area contributed by atoms with E-state index >= 15 is 0 Å². The lowest BCUT2D eigenvalue weighted by atomic mass is 10.2. The second-order valence-electron chi connectivity index (χ2n) is 4.11. The van der Waals surface area contributed by atoms with Gasteiger partial charge in [0.1, 0.15) is 0 Å². The molecule has 0 atom stereocenters. The molecule has 0 radical (unpaired) electrons. The Kier molecular flexibility index (Phi) is 5.55. The molecule has 3 N–H and O–H groups in total. The molecule has 0 saturated carbocycles. The average molecular weight is 285 g/mol. The Morgan fingerprint density at radius 3 is 2.67 bits per heavy atom. The van der Waals surface area contributed by atoms with Gasteiger partial charge in [0, 0.05) is 16.8 Å². The summed E-state index contributed by atoms with van der Waals surface area (Å²) < 4.78 is 0. The zero-order chi connectivity index (χ0) is 13.7. The fourth-order valence-corrected chi connectivity index (χ4v) is 2.46. The van der Waals surface area contributed by atoms with Gasteiger partial charge in [-0.25, -0.2) is 0 Å². The highest BCUT2D eigenvalue weighted by molar-refractivity contribution is 7.80. The van der Waals surface area contributed by atoms with Gasteiger partial charge in [0.05, 0.1) is 5.56 Å². The first-order chi connectivity index (χ1) is 8.47. The van der Waals surface area contributed by atoms with Crippen molar-refractivity contribution in [2.24, 2.45) is 5.73 Å². The number of nitrogens with one attached hydrogen (secondary N) is 1. The number of aryl methyl sites for hydroxylation is 1. The van der Waals surface area contributed by atoms with Crippen molar-refractivity contribution in [1.29, 1.82) is 0 Å². The highest BCUT2D eigenvalue weighted by Gasteiger charge is 2.15. The molecule has 1 heterocycles. The Balaban J connectivity index is 2.72. The summed E-state index contributed by atoms with van der Waals surface area (Å²) in [5.74, 6) is -0.152. The molecule has 1 aromatic heterocycles. The number of thiocarbonyl (C=S) groups is 1. The molecule has 0 saturated heterocycles. The Morgan fingerprint density at radius 2 is 2.22 bits per heavy atom. The molecule has 4 nitrogen and oxygen atoms in total. The number of hydrazine groups is 1. The van der Waals surface area contributed by atoms with Crippen LogP contribution in [0.15, 0.2) is 5.38 Å². The van der Waals surface area contributed by atoms with E-state index in [2.05, 4.69) is 12.3 Å². The summed E-state index contributed by atoms with van der Waals surface area (Å²) in [6.07, 6.45) is 1.95. The van der Waals surface area contributed by atoms with Crippen molar-refractivity contribution in [2.75, 3.05) is 6.54 Å².